The predicted molar refractivity (Wildman–Crippen MR) is 77.6 cm³/mol. The van der Waals surface area contributed by atoms with Crippen LogP contribution in [0.1, 0.15) is 34.1 Å². The van der Waals surface area contributed by atoms with Crippen LogP contribution in [0.5, 0.6) is 0 Å². The highest BCUT2D eigenvalue weighted by molar-refractivity contribution is 8.01. The number of thioether (sulfide) groups is 1. The summed E-state index contributed by atoms with van der Waals surface area (Å²) in [6.45, 7) is 6.92. The summed E-state index contributed by atoms with van der Waals surface area (Å²) in [7, 11) is 1.27. The van der Waals surface area contributed by atoms with Crippen molar-refractivity contribution in [3.63, 3.8) is 0 Å². The van der Waals surface area contributed by atoms with Gasteiger partial charge in [-0.25, -0.2) is 4.79 Å². The minimum atomic E-state index is -1.05. The summed E-state index contributed by atoms with van der Waals surface area (Å²) < 4.78 is 3.60. The second kappa shape index (κ2) is 8.14. The summed E-state index contributed by atoms with van der Waals surface area (Å²) in [4.78, 5) is 34.3. The van der Waals surface area contributed by atoms with Crippen LogP contribution in [0.4, 0.5) is 0 Å². The molecule has 0 aliphatic rings. The molecule has 0 aliphatic heterocycles. The Hall–Kier alpha value is -1.24. The second-order valence-electron chi connectivity index (χ2n) is 5.38. The number of ether oxygens (including phenoxy) is 1. The maximum atomic E-state index is 11.8. The van der Waals surface area contributed by atoms with Crippen molar-refractivity contribution in [3.05, 3.63) is 0 Å². The minimum Gasteiger partial charge on any atom is -0.480 e. The van der Waals surface area contributed by atoms with Crippen LogP contribution in [0.2, 0.25) is 0 Å². The van der Waals surface area contributed by atoms with Gasteiger partial charge in [-0.05, 0) is 26.2 Å². The van der Waals surface area contributed by atoms with Gasteiger partial charge in [0, 0.05) is 0 Å². The Morgan fingerprint density at radius 1 is 1.30 bits per heavy atom. The van der Waals surface area contributed by atoms with E-state index < -0.39 is 22.7 Å². The molecule has 0 heterocycles. The number of rotatable bonds is 8. The fraction of sp³-hybridized carbons (Fsp3) is 0.769. The Bertz CT molecular complexity index is 368. The van der Waals surface area contributed by atoms with Gasteiger partial charge in [-0.3, -0.25) is 9.59 Å². The Morgan fingerprint density at radius 3 is 2.25 bits per heavy atom. The molecule has 0 aromatic carbocycles. The first-order valence-corrected chi connectivity index (χ1v) is 7.33. The topological polar surface area (TPSA) is 92.7 Å². The van der Waals surface area contributed by atoms with Gasteiger partial charge in [-0.2, -0.15) is 0 Å². The molecular weight excluding hydrogens is 282 g/mol. The van der Waals surface area contributed by atoms with Gasteiger partial charge in [0.15, 0.2) is 0 Å². The van der Waals surface area contributed by atoms with Crippen molar-refractivity contribution in [2.24, 2.45) is 5.92 Å². The number of nitrogens with one attached hydrogen (secondary N) is 1. The molecule has 0 aliphatic carbocycles. The van der Waals surface area contributed by atoms with E-state index in [1.165, 1.54) is 21.0 Å². The molecular formula is C13H23NO5S. The molecule has 6 nitrogen and oxygen atoms in total. The summed E-state index contributed by atoms with van der Waals surface area (Å²) >= 11 is 1.01. The fourth-order valence-electron chi connectivity index (χ4n) is 1.37. The first-order valence-electron chi connectivity index (χ1n) is 6.34. The van der Waals surface area contributed by atoms with Crippen LogP contribution >= 0.6 is 11.8 Å². The van der Waals surface area contributed by atoms with E-state index in [1.807, 2.05) is 13.8 Å². The largest absolute Gasteiger partial charge is 0.480 e. The van der Waals surface area contributed by atoms with E-state index in [9.17, 15) is 14.4 Å². The Kier molecular flexibility index (Phi) is 7.63. The van der Waals surface area contributed by atoms with Gasteiger partial charge in [0.1, 0.15) is 10.8 Å². The highest BCUT2D eigenvalue weighted by atomic mass is 32.2. The number of carbonyl (C=O) groups excluding carboxylic acids is 2. The molecule has 116 valence electrons. The molecule has 0 aromatic heterocycles. The molecule has 7 heteroatoms. The van der Waals surface area contributed by atoms with E-state index in [-0.39, 0.29) is 17.6 Å². The molecule has 0 aromatic rings. The molecule has 0 saturated carbocycles. The van der Waals surface area contributed by atoms with Crippen molar-refractivity contribution in [3.8, 4) is 0 Å². The normalized spacial score (nSPS) is 12.9. The van der Waals surface area contributed by atoms with E-state index in [4.69, 9.17) is 5.11 Å². The fourth-order valence-corrected chi connectivity index (χ4v) is 2.07. The number of amides is 1. The maximum absolute atomic E-state index is 11.8. The van der Waals surface area contributed by atoms with Crippen molar-refractivity contribution in [1.82, 2.24) is 5.32 Å². The van der Waals surface area contributed by atoms with Crippen LogP contribution in [-0.4, -0.2) is 46.6 Å². The zero-order valence-electron chi connectivity index (χ0n) is 12.6. The van der Waals surface area contributed by atoms with Gasteiger partial charge in [0.25, 0.3) is 0 Å². The Balaban J connectivity index is 4.47. The molecule has 0 rings (SSSR count). The minimum absolute atomic E-state index is 0.0229. The SMILES string of the molecule is COC(=O)C(CC(C)C)NC(=O)CSC(C)(C)C(=O)O. The average molecular weight is 305 g/mol. The van der Waals surface area contributed by atoms with Crippen LogP contribution < -0.4 is 5.32 Å². The molecule has 0 radical (unpaired) electrons. The van der Waals surface area contributed by atoms with E-state index >= 15 is 0 Å². The molecule has 0 bridgehead atoms. The van der Waals surface area contributed by atoms with Crippen LogP contribution in [0.3, 0.4) is 0 Å². The third-order valence-corrected chi connectivity index (χ3v) is 3.91. The van der Waals surface area contributed by atoms with Crippen molar-refractivity contribution >= 4 is 29.6 Å². The lowest BCUT2D eigenvalue weighted by Gasteiger charge is -2.21. The third-order valence-electron chi connectivity index (χ3n) is 2.61. The number of hydrogen-bond donors (Lipinski definition) is 2. The third kappa shape index (κ3) is 6.79. The van der Waals surface area contributed by atoms with E-state index in [0.717, 1.165) is 11.8 Å². The molecule has 1 atom stereocenters. The molecule has 2 N–H and O–H groups in total. The highest BCUT2D eigenvalue weighted by Gasteiger charge is 2.29. The van der Waals surface area contributed by atoms with Crippen LogP contribution in [-0.2, 0) is 19.1 Å². The molecule has 0 spiro atoms. The zero-order valence-corrected chi connectivity index (χ0v) is 13.4. The summed E-state index contributed by atoms with van der Waals surface area (Å²) in [5.41, 5.74) is 0. The number of aliphatic carboxylic acids is 1. The smallest absolute Gasteiger partial charge is 0.328 e. The second-order valence-corrected chi connectivity index (χ2v) is 6.97. The first kappa shape index (κ1) is 18.8. The highest BCUT2D eigenvalue weighted by Crippen LogP contribution is 2.24. The molecule has 0 saturated heterocycles. The average Bonchev–Trinajstić information content (AvgIpc) is 2.34. The van der Waals surface area contributed by atoms with E-state index in [1.54, 1.807) is 0 Å². The van der Waals surface area contributed by atoms with Crippen LogP contribution in [0.15, 0.2) is 0 Å². The molecule has 20 heavy (non-hydrogen) atoms. The van der Waals surface area contributed by atoms with Crippen LogP contribution in [0.25, 0.3) is 0 Å². The van der Waals surface area contributed by atoms with E-state index in [2.05, 4.69) is 10.1 Å². The zero-order chi connectivity index (χ0) is 15.9. The lowest BCUT2D eigenvalue weighted by atomic mass is 10.0. The molecule has 0 fully saturated rings. The first-order chi connectivity index (χ1) is 9.10. The van der Waals surface area contributed by atoms with Gasteiger partial charge in [0.2, 0.25) is 5.91 Å². The molecule has 1 unspecified atom stereocenters. The van der Waals surface area contributed by atoms with Gasteiger partial charge in [-0.15, -0.1) is 11.8 Å². The maximum Gasteiger partial charge on any atom is 0.328 e. The van der Waals surface area contributed by atoms with Gasteiger partial charge < -0.3 is 15.2 Å². The van der Waals surface area contributed by atoms with Crippen molar-refractivity contribution in [1.29, 1.82) is 0 Å². The quantitative estimate of drug-likeness (QED) is 0.656. The predicted octanol–water partition coefficient (Wildman–Crippen LogP) is 1.29. The van der Waals surface area contributed by atoms with Gasteiger partial charge >= 0.3 is 11.9 Å². The standard InChI is InChI=1S/C13H23NO5S/c1-8(2)6-9(11(16)19-5)14-10(15)7-20-13(3,4)12(17)18/h8-9H,6-7H2,1-5H3,(H,14,15)(H,17,18). The van der Waals surface area contributed by atoms with Gasteiger partial charge in [-0.1, -0.05) is 13.8 Å². The summed E-state index contributed by atoms with van der Waals surface area (Å²) in [5.74, 6) is -1.65. The monoisotopic (exact) mass is 305 g/mol. The number of esters is 1. The van der Waals surface area contributed by atoms with Crippen molar-refractivity contribution in [2.75, 3.05) is 12.9 Å². The van der Waals surface area contributed by atoms with Crippen molar-refractivity contribution < 1.29 is 24.2 Å². The lowest BCUT2D eigenvalue weighted by molar-refractivity contribution is -0.145. The van der Waals surface area contributed by atoms with Gasteiger partial charge in [0.05, 0.1) is 12.9 Å². The van der Waals surface area contributed by atoms with Crippen LogP contribution in [0, 0.1) is 5.92 Å². The lowest BCUT2D eigenvalue weighted by Crippen LogP contribution is -2.43. The number of carboxylic acids is 1. The number of carboxylic acid groups (broad SMARTS) is 1. The Morgan fingerprint density at radius 2 is 1.85 bits per heavy atom. The van der Waals surface area contributed by atoms with E-state index in [0.29, 0.717) is 6.42 Å². The summed E-state index contributed by atoms with van der Waals surface area (Å²) in [6, 6.07) is -0.693. The van der Waals surface area contributed by atoms with Crippen molar-refractivity contribution in [2.45, 2.75) is 44.9 Å². The summed E-state index contributed by atoms with van der Waals surface area (Å²) in [6.07, 6.45) is 0.478. The Labute approximate surface area is 123 Å². The number of methoxy groups -OCH3 is 1. The number of carbonyl (C=O) groups is 3. The molecule has 1 amide bonds. The number of hydrogen-bond acceptors (Lipinski definition) is 5. The summed E-state index contributed by atoms with van der Waals surface area (Å²) in [5, 5.41) is 11.5.